The van der Waals surface area contributed by atoms with Crippen molar-refractivity contribution in [2.75, 3.05) is 7.11 Å². The number of rotatable bonds is 9. The number of methoxy groups -OCH3 is 1. The van der Waals surface area contributed by atoms with E-state index < -0.39 is 15.9 Å². The first-order valence-corrected chi connectivity index (χ1v) is 13.4. The minimum atomic E-state index is -3.77. The number of aromatic nitrogens is 1. The smallest absolute Gasteiger partial charge is 0.312 e. The Labute approximate surface area is 209 Å². The van der Waals surface area contributed by atoms with Crippen LogP contribution in [0.2, 0.25) is 0 Å². The molecule has 35 heavy (non-hydrogen) atoms. The summed E-state index contributed by atoms with van der Waals surface area (Å²) in [5.74, 6) is -0.784. The molecule has 0 bridgehead atoms. The van der Waals surface area contributed by atoms with E-state index in [0.29, 0.717) is 0 Å². The van der Waals surface area contributed by atoms with E-state index in [9.17, 15) is 13.2 Å². The molecule has 6 nitrogen and oxygen atoms in total. The van der Waals surface area contributed by atoms with E-state index in [1.165, 1.54) is 11.4 Å². The van der Waals surface area contributed by atoms with Crippen LogP contribution in [0.1, 0.15) is 29.5 Å². The number of carbonyl (C=O) groups is 1. The summed E-state index contributed by atoms with van der Waals surface area (Å²) < 4.78 is 33.6. The van der Waals surface area contributed by atoms with E-state index in [1.54, 1.807) is 54.8 Å². The topological polar surface area (TPSA) is 76.6 Å². The summed E-state index contributed by atoms with van der Waals surface area (Å²) in [4.78, 5) is 16.6. The zero-order valence-corrected chi connectivity index (χ0v) is 21.1. The third-order valence-electron chi connectivity index (χ3n) is 5.74. The van der Waals surface area contributed by atoms with Crippen LogP contribution in [0.5, 0.6) is 0 Å². The molecule has 0 radical (unpaired) electrons. The van der Waals surface area contributed by atoms with E-state index in [4.69, 9.17) is 4.74 Å². The van der Waals surface area contributed by atoms with Gasteiger partial charge in [0.1, 0.15) is 5.01 Å². The van der Waals surface area contributed by atoms with E-state index in [1.807, 2.05) is 53.9 Å². The average molecular weight is 507 g/mol. The molecule has 1 atom stereocenters. The standard InChI is InChI=1S/C27H26N2O4S2/c1-20(27(30)33-2)24-8-6-7-22(17-24)19-29(35(31,32)25-9-4-3-5-10-25)18-21-11-13-23(14-12-21)26-28-15-16-34-26/h3-17,20H,18-19H2,1-2H3. The summed E-state index contributed by atoms with van der Waals surface area (Å²) in [6, 6.07) is 23.6. The van der Waals surface area contributed by atoms with Gasteiger partial charge in [-0.1, -0.05) is 66.7 Å². The van der Waals surface area contributed by atoms with Crippen molar-refractivity contribution < 1.29 is 17.9 Å². The van der Waals surface area contributed by atoms with E-state index in [0.717, 1.165) is 27.3 Å². The van der Waals surface area contributed by atoms with E-state index >= 15 is 0 Å². The lowest BCUT2D eigenvalue weighted by Gasteiger charge is -2.23. The molecule has 1 heterocycles. The van der Waals surface area contributed by atoms with Gasteiger partial charge in [-0.3, -0.25) is 4.79 Å². The first-order chi connectivity index (χ1) is 16.9. The van der Waals surface area contributed by atoms with Crippen molar-refractivity contribution in [2.45, 2.75) is 30.8 Å². The average Bonchev–Trinajstić information content (AvgIpc) is 3.43. The fourth-order valence-electron chi connectivity index (χ4n) is 3.77. The highest BCUT2D eigenvalue weighted by Crippen LogP contribution is 2.26. The van der Waals surface area contributed by atoms with Crippen LogP contribution in [0.4, 0.5) is 0 Å². The summed E-state index contributed by atoms with van der Waals surface area (Å²) >= 11 is 1.56. The number of esters is 1. The quantitative estimate of drug-likeness (QED) is 0.281. The number of ether oxygens (including phenoxy) is 1. The summed E-state index contributed by atoms with van der Waals surface area (Å²) in [6.45, 7) is 2.13. The number of hydrogen-bond donors (Lipinski definition) is 0. The highest BCUT2D eigenvalue weighted by molar-refractivity contribution is 7.89. The third-order valence-corrected chi connectivity index (χ3v) is 8.37. The first kappa shape index (κ1) is 24.8. The second kappa shape index (κ2) is 10.9. The zero-order valence-electron chi connectivity index (χ0n) is 19.5. The van der Waals surface area contributed by atoms with E-state index in [-0.39, 0.29) is 24.0 Å². The van der Waals surface area contributed by atoms with Crippen LogP contribution in [0.25, 0.3) is 10.6 Å². The highest BCUT2D eigenvalue weighted by atomic mass is 32.2. The molecule has 0 amide bonds. The summed E-state index contributed by atoms with van der Waals surface area (Å²) in [7, 11) is -2.42. The molecule has 1 unspecified atom stereocenters. The SMILES string of the molecule is COC(=O)C(C)c1cccc(CN(Cc2ccc(-c3nccs3)cc2)S(=O)(=O)c2ccccc2)c1. The molecule has 0 saturated carbocycles. The molecular formula is C27H26N2O4S2. The van der Waals surface area contributed by atoms with Crippen LogP contribution in [0.3, 0.4) is 0 Å². The predicted octanol–water partition coefficient (Wildman–Crippen LogP) is 5.48. The van der Waals surface area contributed by atoms with Crippen LogP contribution >= 0.6 is 11.3 Å². The number of thiazole rings is 1. The lowest BCUT2D eigenvalue weighted by molar-refractivity contribution is -0.141. The van der Waals surface area contributed by atoms with Gasteiger partial charge < -0.3 is 4.74 Å². The lowest BCUT2D eigenvalue weighted by Crippen LogP contribution is -2.30. The number of carbonyl (C=O) groups excluding carboxylic acids is 1. The van der Waals surface area contributed by atoms with E-state index in [2.05, 4.69) is 4.98 Å². The summed E-state index contributed by atoms with van der Waals surface area (Å²) in [5, 5.41) is 2.84. The maximum absolute atomic E-state index is 13.6. The largest absolute Gasteiger partial charge is 0.469 e. The van der Waals surface area contributed by atoms with Gasteiger partial charge in [0, 0.05) is 30.2 Å². The minimum Gasteiger partial charge on any atom is -0.469 e. The van der Waals surface area contributed by atoms with Crippen LogP contribution in [-0.2, 0) is 32.6 Å². The normalized spacial score (nSPS) is 12.4. The molecule has 0 spiro atoms. The Morgan fingerprint density at radius 3 is 2.34 bits per heavy atom. The predicted molar refractivity (Wildman–Crippen MR) is 137 cm³/mol. The van der Waals surface area contributed by atoms with Gasteiger partial charge in [0.15, 0.2) is 0 Å². The number of sulfonamides is 1. The Balaban J connectivity index is 1.64. The number of hydrogen-bond acceptors (Lipinski definition) is 6. The van der Waals surface area contributed by atoms with Gasteiger partial charge in [-0.25, -0.2) is 13.4 Å². The van der Waals surface area contributed by atoms with Gasteiger partial charge >= 0.3 is 5.97 Å². The lowest BCUT2D eigenvalue weighted by atomic mass is 9.99. The van der Waals surface area contributed by atoms with Crippen LogP contribution in [0, 0.1) is 0 Å². The Bertz CT molecular complexity index is 1370. The Morgan fingerprint density at radius 2 is 1.69 bits per heavy atom. The molecule has 0 aliphatic carbocycles. The first-order valence-electron chi connectivity index (χ1n) is 11.1. The second-order valence-corrected chi connectivity index (χ2v) is 10.9. The molecule has 4 aromatic rings. The number of benzene rings is 3. The molecular weight excluding hydrogens is 480 g/mol. The molecule has 3 aromatic carbocycles. The van der Waals surface area contributed by atoms with Crippen molar-refractivity contribution in [3.63, 3.8) is 0 Å². The monoisotopic (exact) mass is 506 g/mol. The van der Waals surface area contributed by atoms with Crippen molar-refractivity contribution in [1.82, 2.24) is 9.29 Å². The van der Waals surface area contributed by atoms with Crippen molar-refractivity contribution in [2.24, 2.45) is 0 Å². The summed E-state index contributed by atoms with van der Waals surface area (Å²) in [6.07, 6.45) is 1.76. The van der Waals surface area contributed by atoms with Crippen molar-refractivity contribution in [1.29, 1.82) is 0 Å². The molecule has 8 heteroatoms. The maximum Gasteiger partial charge on any atom is 0.312 e. The maximum atomic E-state index is 13.6. The fourth-order valence-corrected chi connectivity index (χ4v) is 5.85. The molecule has 180 valence electrons. The second-order valence-electron chi connectivity index (χ2n) is 8.11. The molecule has 0 fully saturated rings. The van der Waals surface area contributed by atoms with Crippen molar-refractivity contribution in [3.8, 4) is 10.6 Å². The van der Waals surface area contributed by atoms with Gasteiger partial charge in [-0.2, -0.15) is 4.31 Å². The Kier molecular flexibility index (Phi) is 7.75. The molecule has 0 N–H and O–H groups in total. The van der Waals surface area contributed by atoms with Gasteiger partial charge in [0.05, 0.1) is 17.9 Å². The molecule has 0 saturated heterocycles. The number of nitrogens with zero attached hydrogens (tertiary/aromatic N) is 2. The molecule has 1 aromatic heterocycles. The van der Waals surface area contributed by atoms with Gasteiger partial charge in [0.25, 0.3) is 0 Å². The zero-order chi connectivity index (χ0) is 24.8. The van der Waals surface area contributed by atoms with Crippen LogP contribution in [0.15, 0.2) is 95.3 Å². The molecule has 4 rings (SSSR count). The van der Waals surface area contributed by atoms with Gasteiger partial charge in [-0.05, 0) is 35.7 Å². The van der Waals surface area contributed by atoms with Crippen molar-refractivity contribution in [3.05, 3.63) is 107 Å². The Morgan fingerprint density at radius 1 is 0.971 bits per heavy atom. The highest BCUT2D eigenvalue weighted by Gasteiger charge is 2.25. The van der Waals surface area contributed by atoms with Gasteiger partial charge in [0.2, 0.25) is 10.0 Å². The summed E-state index contributed by atoms with van der Waals surface area (Å²) in [5.41, 5.74) is 3.42. The van der Waals surface area contributed by atoms with Gasteiger partial charge in [-0.15, -0.1) is 11.3 Å². The minimum absolute atomic E-state index is 0.160. The van der Waals surface area contributed by atoms with Crippen LogP contribution < -0.4 is 0 Å². The fraction of sp³-hybridized carbons (Fsp3) is 0.185. The van der Waals surface area contributed by atoms with Crippen LogP contribution in [-0.4, -0.2) is 30.8 Å². The molecule has 0 aliphatic rings. The van der Waals surface area contributed by atoms with Crippen molar-refractivity contribution >= 4 is 27.3 Å². The molecule has 0 aliphatic heterocycles. The third kappa shape index (κ3) is 5.85. The Hall–Kier alpha value is -3.33.